The van der Waals surface area contributed by atoms with Gasteiger partial charge < -0.3 is 29.5 Å². The molecule has 3 heterocycles. The van der Waals surface area contributed by atoms with Crippen molar-refractivity contribution in [3.8, 4) is 11.5 Å². The molecular formula is C29H37FN2O6. The molecule has 0 unspecified atom stereocenters. The van der Waals surface area contributed by atoms with Gasteiger partial charge in [0, 0.05) is 25.3 Å². The van der Waals surface area contributed by atoms with E-state index in [0.717, 1.165) is 44.3 Å². The fourth-order valence-electron chi connectivity index (χ4n) is 5.11. The van der Waals surface area contributed by atoms with Crippen molar-refractivity contribution in [2.45, 2.75) is 44.8 Å². The van der Waals surface area contributed by atoms with Gasteiger partial charge in [-0.2, -0.15) is 0 Å². The molecule has 3 aliphatic rings. The minimum absolute atomic E-state index is 0.0102. The zero-order valence-electron chi connectivity index (χ0n) is 21.9. The first-order valence-electron chi connectivity index (χ1n) is 13.3. The number of carbonyl (C=O) groups is 2. The number of rotatable bonds is 10. The van der Waals surface area contributed by atoms with Gasteiger partial charge in [0.15, 0.2) is 17.3 Å². The molecule has 1 amide bonds. The Bertz CT molecular complexity index is 1090. The number of ether oxygens (including phenoxy) is 3. The average molecular weight is 529 g/mol. The lowest BCUT2D eigenvalue weighted by atomic mass is 9.91. The molecule has 2 saturated heterocycles. The fourth-order valence-corrected chi connectivity index (χ4v) is 5.11. The number of fused-ring (bicyclic) bond motifs is 1. The van der Waals surface area contributed by atoms with Crippen molar-refractivity contribution in [1.82, 2.24) is 10.2 Å². The number of likely N-dealkylation sites (tertiary alicyclic amines) is 1. The number of benzene rings is 1. The van der Waals surface area contributed by atoms with Gasteiger partial charge in [-0.15, -0.1) is 0 Å². The van der Waals surface area contributed by atoms with Crippen LogP contribution in [0.4, 0.5) is 4.39 Å². The van der Waals surface area contributed by atoms with Gasteiger partial charge in [0.05, 0.1) is 6.04 Å². The van der Waals surface area contributed by atoms with Crippen molar-refractivity contribution in [3.63, 3.8) is 0 Å². The molecule has 3 aliphatic heterocycles. The number of allylic oxidation sites excluding steroid dienone is 4. The minimum atomic E-state index is -1.26. The van der Waals surface area contributed by atoms with Crippen molar-refractivity contribution in [2.24, 2.45) is 5.92 Å². The molecule has 206 valence electrons. The van der Waals surface area contributed by atoms with Crippen LogP contribution >= 0.6 is 0 Å². The Morgan fingerprint density at radius 1 is 1.16 bits per heavy atom. The lowest BCUT2D eigenvalue weighted by Crippen LogP contribution is -2.48. The zero-order chi connectivity index (χ0) is 27.1. The number of nitrogens with zero attached hydrogens (tertiary/aromatic N) is 1. The highest BCUT2D eigenvalue weighted by Crippen LogP contribution is 2.36. The maximum absolute atomic E-state index is 14.7. The molecule has 0 radical (unpaired) electrons. The maximum atomic E-state index is 14.7. The molecule has 9 heteroatoms. The van der Waals surface area contributed by atoms with Gasteiger partial charge in [-0.25, -0.2) is 4.39 Å². The van der Waals surface area contributed by atoms with Crippen LogP contribution in [0.3, 0.4) is 0 Å². The summed E-state index contributed by atoms with van der Waals surface area (Å²) in [7, 11) is 0. The number of nitrogens with one attached hydrogen (secondary N) is 1. The van der Waals surface area contributed by atoms with Crippen molar-refractivity contribution >= 4 is 11.7 Å². The minimum Gasteiger partial charge on any atom is -0.486 e. The number of Topliss-reactive ketones (excluding diaryl/α,β-unsaturated/α-hetero) is 1. The van der Waals surface area contributed by atoms with Gasteiger partial charge >= 0.3 is 0 Å². The third-order valence-corrected chi connectivity index (χ3v) is 7.33. The third-order valence-electron chi connectivity index (χ3n) is 7.33. The first-order valence-corrected chi connectivity index (χ1v) is 13.3. The Labute approximate surface area is 223 Å². The third kappa shape index (κ3) is 6.89. The molecular weight excluding hydrogens is 491 g/mol. The molecule has 0 saturated carbocycles. The van der Waals surface area contributed by atoms with Crippen LogP contribution in [0, 0.1) is 11.7 Å². The molecule has 0 aliphatic carbocycles. The van der Waals surface area contributed by atoms with E-state index in [1.165, 1.54) is 12.1 Å². The summed E-state index contributed by atoms with van der Waals surface area (Å²) in [6, 6.07) is 1.88. The number of carbonyl (C=O) groups excluding carboxylic acids is 2. The highest BCUT2D eigenvalue weighted by Gasteiger charge is 2.31. The van der Waals surface area contributed by atoms with Gasteiger partial charge in [-0.1, -0.05) is 24.8 Å². The second-order valence-electron chi connectivity index (χ2n) is 10.00. The van der Waals surface area contributed by atoms with E-state index >= 15 is 0 Å². The Hall–Kier alpha value is -3.01. The van der Waals surface area contributed by atoms with Crippen molar-refractivity contribution in [2.75, 3.05) is 46.1 Å². The van der Waals surface area contributed by atoms with E-state index in [-0.39, 0.29) is 35.8 Å². The van der Waals surface area contributed by atoms with E-state index in [1.807, 2.05) is 6.08 Å². The fraction of sp³-hybridized carbons (Fsp3) is 0.517. The first-order chi connectivity index (χ1) is 18.4. The number of ketones is 1. The van der Waals surface area contributed by atoms with E-state index < -0.39 is 29.7 Å². The lowest BCUT2D eigenvalue weighted by Gasteiger charge is -2.29. The van der Waals surface area contributed by atoms with Crippen molar-refractivity contribution in [3.05, 3.63) is 59.5 Å². The number of amides is 1. The first kappa shape index (κ1) is 28.0. The second-order valence-corrected chi connectivity index (χ2v) is 10.00. The van der Waals surface area contributed by atoms with Crippen LogP contribution in [-0.2, 0) is 14.3 Å². The van der Waals surface area contributed by atoms with Crippen LogP contribution in [0.1, 0.15) is 44.3 Å². The Morgan fingerprint density at radius 2 is 1.87 bits per heavy atom. The Morgan fingerprint density at radius 3 is 2.58 bits per heavy atom. The number of aliphatic hydroxyl groups is 1. The predicted octanol–water partition coefficient (Wildman–Crippen LogP) is 3.27. The molecule has 8 nitrogen and oxygen atoms in total. The summed E-state index contributed by atoms with van der Waals surface area (Å²) in [6.07, 6.45) is 7.78. The molecule has 2 atom stereocenters. The maximum Gasteiger partial charge on any atom is 0.292 e. The quantitative estimate of drug-likeness (QED) is 0.273. The van der Waals surface area contributed by atoms with Crippen LogP contribution < -0.4 is 14.8 Å². The van der Waals surface area contributed by atoms with Crippen LogP contribution in [0.15, 0.2) is 48.1 Å². The molecule has 2 fully saturated rings. The summed E-state index contributed by atoms with van der Waals surface area (Å²) < 4.78 is 30.9. The van der Waals surface area contributed by atoms with Crippen molar-refractivity contribution in [1.29, 1.82) is 0 Å². The van der Waals surface area contributed by atoms with Gasteiger partial charge in [0.1, 0.15) is 19.3 Å². The summed E-state index contributed by atoms with van der Waals surface area (Å²) in [6.45, 7) is 9.33. The molecule has 1 aromatic carbocycles. The summed E-state index contributed by atoms with van der Waals surface area (Å²) in [5, 5.41) is 13.9. The largest absolute Gasteiger partial charge is 0.486 e. The standard InChI is InChI=1S/C29H37FN2O6/c1-3-20(21-8-12-36-13-9-21)7-6-19(2)26(33)29(35)31-24(18-32-10-4-5-11-32)27(34)22-16-23(30)28-25(17-22)37-14-15-38-28/h3,6-7,16-17,21,24,27,34H,1,4-5,8-15,18H2,2H3,(H,31,35)/b19-6+,20-7+/t24-,27-/m1/s1. The van der Waals surface area contributed by atoms with Crippen LogP contribution in [0.25, 0.3) is 0 Å². The normalized spacial score (nSPS) is 20.6. The molecule has 0 spiro atoms. The zero-order valence-corrected chi connectivity index (χ0v) is 21.9. The second kappa shape index (κ2) is 13.2. The molecule has 0 aromatic heterocycles. The molecule has 2 N–H and O–H groups in total. The molecule has 38 heavy (non-hydrogen) atoms. The summed E-state index contributed by atoms with van der Waals surface area (Å²) in [5.41, 5.74) is 1.52. The average Bonchev–Trinajstić information content (AvgIpc) is 3.45. The summed E-state index contributed by atoms with van der Waals surface area (Å²) in [5.74, 6) is -1.63. The highest BCUT2D eigenvalue weighted by atomic mass is 19.1. The summed E-state index contributed by atoms with van der Waals surface area (Å²) >= 11 is 0. The van der Waals surface area contributed by atoms with E-state index in [0.29, 0.717) is 25.7 Å². The topological polar surface area (TPSA) is 97.3 Å². The monoisotopic (exact) mass is 528 g/mol. The summed E-state index contributed by atoms with van der Waals surface area (Å²) in [4.78, 5) is 28.1. The van der Waals surface area contributed by atoms with Gasteiger partial charge in [0.25, 0.3) is 5.91 Å². The smallest absolute Gasteiger partial charge is 0.292 e. The van der Waals surface area contributed by atoms with Gasteiger partial charge in [-0.3, -0.25) is 9.59 Å². The van der Waals surface area contributed by atoms with E-state index in [4.69, 9.17) is 14.2 Å². The van der Waals surface area contributed by atoms with Gasteiger partial charge in [-0.05, 0) is 74.9 Å². The highest BCUT2D eigenvalue weighted by molar-refractivity contribution is 6.42. The number of hydrogen-bond donors (Lipinski definition) is 2. The molecule has 4 rings (SSSR count). The van der Waals surface area contributed by atoms with E-state index in [1.54, 1.807) is 19.1 Å². The Balaban J connectivity index is 1.49. The molecule has 0 bridgehead atoms. The van der Waals surface area contributed by atoms with Gasteiger partial charge in [0.2, 0.25) is 5.78 Å². The van der Waals surface area contributed by atoms with E-state index in [2.05, 4.69) is 16.8 Å². The van der Waals surface area contributed by atoms with Crippen LogP contribution in [0.2, 0.25) is 0 Å². The van der Waals surface area contributed by atoms with Crippen molar-refractivity contribution < 1.29 is 33.3 Å². The lowest BCUT2D eigenvalue weighted by molar-refractivity contribution is -0.136. The molecule has 1 aromatic rings. The Kier molecular flexibility index (Phi) is 9.71. The number of hydrogen-bond acceptors (Lipinski definition) is 7. The SMILES string of the molecule is C=C/C(=C\C=C(/C)C(=O)C(=O)N[C@H](CN1CCCC1)[C@H](O)c1cc(F)c2c(c1)OCCO2)C1CCOCC1. The van der Waals surface area contributed by atoms with Crippen LogP contribution in [-0.4, -0.2) is 73.8 Å². The van der Waals surface area contributed by atoms with Crippen LogP contribution in [0.5, 0.6) is 11.5 Å². The number of halogens is 1. The predicted molar refractivity (Wildman–Crippen MR) is 141 cm³/mol. The number of aliphatic hydroxyl groups excluding tert-OH is 1. The van der Waals surface area contributed by atoms with E-state index in [9.17, 15) is 19.1 Å².